The molecule has 0 saturated carbocycles. The zero-order valence-corrected chi connectivity index (χ0v) is 25.5. The maximum atomic E-state index is 14.0. The number of aromatic nitrogens is 5. The first-order valence-electron chi connectivity index (χ1n) is 13.9. The molecule has 13 heteroatoms. The minimum atomic E-state index is -4.68. The van der Waals surface area contributed by atoms with Gasteiger partial charge in [-0.3, -0.25) is 14.4 Å². The molecule has 9 nitrogen and oxygen atoms in total. The number of nitrogens with one attached hydrogen (secondary N) is 1. The summed E-state index contributed by atoms with van der Waals surface area (Å²) in [6.07, 6.45) is 0.604. The number of rotatable bonds is 7. The first-order valence-corrected chi connectivity index (χ1v) is 14.3. The average Bonchev–Trinajstić information content (AvgIpc) is 3.56. The number of halogens is 4. The van der Waals surface area contributed by atoms with E-state index in [1.54, 1.807) is 40.0 Å². The number of amides is 1. The third-order valence-electron chi connectivity index (χ3n) is 8.12. The van der Waals surface area contributed by atoms with E-state index >= 15 is 0 Å². The van der Waals surface area contributed by atoms with E-state index in [1.807, 2.05) is 35.0 Å². The number of carbonyl (C=O) groups excluding carboxylic acids is 1. The molecule has 1 fully saturated rings. The maximum Gasteiger partial charge on any atom is 0.417 e. The first kappa shape index (κ1) is 30.7. The van der Waals surface area contributed by atoms with Crippen LogP contribution in [0.2, 0.25) is 5.02 Å². The topological polar surface area (TPSA) is 84.1 Å². The largest absolute Gasteiger partial charge is 0.417 e. The highest BCUT2D eigenvalue weighted by molar-refractivity contribution is 6.32. The van der Waals surface area contributed by atoms with Crippen molar-refractivity contribution in [2.75, 3.05) is 32.5 Å². The molecule has 4 aromatic rings. The van der Waals surface area contributed by atoms with Crippen molar-refractivity contribution in [2.24, 2.45) is 7.05 Å². The standard InChI is InChI=1S/C30H34ClF3N8O/c1-18-6-7-20(13-27(18)42-17-26(37-38-42)24-15-35-40(5)19(24)2)29(43)36-22-12-21(28(31)25(14-22)30(32,33)34)16-41-10-8-23(9-11-41)39(3)4/h6-7,12-15,17,23H,8-11,16H2,1-5H3,(H,36,43). The molecule has 2 aromatic heterocycles. The summed E-state index contributed by atoms with van der Waals surface area (Å²) in [5.41, 5.74) is 3.46. The number of aryl methyl sites for hydroxylation is 2. The van der Waals surface area contributed by atoms with E-state index in [0.29, 0.717) is 23.0 Å². The zero-order chi connectivity index (χ0) is 31.1. The molecule has 228 valence electrons. The molecule has 1 amide bonds. The number of hydrogen-bond donors (Lipinski definition) is 1. The average molecular weight is 615 g/mol. The fraction of sp³-hybridized carbons (Fsp3) is 0.400. The van der Waals surface area contributed by atoms with Gasteiger partial charge in [-0.2, -0.15) is 18.3 Å². The van der Waals surface area contributed by atoms with E-state index in [1.165, 1.54) is 6.07 Å². The third-order valence-corrected chi connectivity index (χ3v) is 8.56. The summed E-state index contributed by atoms with van der Waals surface area (Å²) in [6, 6.07) is 7.86. The van der Waals surface area contributed by atoms with E-state index in [-0.39, 0.29) is 22.8 Å². The van der Waals surface area contributed by atoms with Crippen molar-refractivity contribution in [3.8, 4) is 16.9 Å². The van der Waals surface area contributed by atoms with Crippen molar-refractivity contribution in [1.29, 1.82) is 0 Å². The zero-order valence-electron chi connectivity index (χ0n) is 24.7. The SMILES string of the molecule is Cc1ccc(C(=O)Nc2cc(CN3CCC(N(C)C)CC3)c(Cl)c(C(F)(F)F)c2)cc1-n1cc(-c2cnn(C)c2C)nn1. The van der Waals surface area contributed by atoms with Crippen LogP contribution >= 0.6 is 11.6 Å². The number of piperidine rings is 1. The summed E-state index contributed by atoms with van der Waals surface area (Å²) in [7, 11) is 5.90. The highest BCUT2D eigenvalue weighted by atomic mass is 35.5. The second kappa shape index (κ2) is 12.1. The van der Waals surface area contributed by atoms with E-state index in [4.69, 9.17) is 11.6 Å². The van der Waals surface area contributed by atoms with Crippen molar-refractivity contribution in [3.63, 3.8) is 0 Å². The van der Waals surface area contributed by atoms with E-state index < -0.39 is 17.6 Å². The lowest BCUT2D eigenvalue weighted by Gasteiger charge is -2.35. The Hall–Kier alpha value is -3.74. The lowest BCUT2D eigenvalue weighted by Crippen LogP contribution is -2.41. The second-order valence-corrected chi connectivity index (χ2v) is 11.6. The Kier molecular flexibility index (Phi) is 8.64. The second-order valence-electron chi connectivity index (χ2n) is 11.2. The van der Waals surface area contributed by atoms with Gasteiger partial charge in [0, 0.05) is 42.1 Å². The van der Waals surface area contributed by atoms with Gasteiger partial charge < -0.3 is 10.2 Å². The number of alkyl halides is 3. The van der Waals surface area contributed by atoms with Gasteiger partial charge >= 0.3 is 6.18 Å². The van der Waals surface area contributed by atoms with Crippen LogP contribution < -0.4 is 5.32 Å². The van der Waals surface area contributed by atoms with Crippen molar-refractivity contribution in [2.45, 2.75) is 45.5 Å². The minimum absolute atomic E-state index is 0.0251. The third kappa shape index (κ3) is 6.61. The fourth-order valence-corrected chi connectivity index (χ4v) is 5.64. The Balaban J connectivity index is 1.39. The summed E-state index contributed by atoms with van der Waals surface area (Å²) in [5, 5.41) is 15.1. The van der Waals surface area contributed by atoms with Crippen LogP contribution in [-0.2, 0) is 19.8 Å². The van der Waals surface area contributed by atoms with E-state index in [2.05, 4.69) is 30.5 Å². The molecule has 1 aliphatic heterocycles. The number of nitrogens with zero attached hydrogens (tertiary/aromatic N) is 7. The van der Waals surface area contributed by atoms with Crippen LogP contribution in [0.4, 0.5) is 18.9 Å². The summed E-state index contributed by atoms with van der Waals surface area (Å²) >= 11 is 6.29. The fourth-order valence-electron chi connectivity index (χ4n) is 5.37. The molecule has 0 unspecified atom stereocenters. The highest BCUT2D eigenvalue weighted by Crippen LogP contribution is 2.39. The van der Waals surface area contributed by atoms with E-state index in [9.17, 15) is 18.0 Å². The van der Waals surface area contributed by atoms with Crippen LogP contribution in [0, 0.1) is 13.8 Å². The Morgan fingerprint density at radius 1 is 1.14 bits per heavy atom. The summed E-state index contributed by atoms with van der Waals surface area (Å²) < 4.78 is 45.3. The lowest BCUT2D eigenvalue weighted by atomic mass is 10.0. The molecule has 0 aliphatic carbocycles. The normalized spacial score (nSPS) is 14.9. The van der Waals surface area contributed by atoms with Crippen LogP contribution in [0.25, 0.3) is 16.9 Å². The molecule has 3 heterocycles. The predicted molar refractivity (Wildman–Crippen MR) is 159 cm³/mol. The Morgan fingerprint density at radius 3 is 2.49 bits per heavy atom. The lowest BCUT2D eigenvalue weighted by molar-refractivity contribution is -0.137. The molecule has 0 bridgehead atoms. The number of benzene rings is 2. The molecule has 1 N–H and O–H groups in total. The van der Waals surface area contributed by atoms with Gasteiger partial charge in [-0.1, -0.05) is 22.9 Å². The van der Waals surface area contributed by atoms with Gasteiger partial charge in [-0.15, -0.1) is 5.10 Å². The minimum Gasteiger partial charge on any atom is -0.322 e. The quantitative estimate of drug-likeness (QED) is 0.286. The molecule has 0 spiro atoms. The predicted octanol–water partition coefficient (Wildman–Crippen LogP) is 5.74. The van der Waals surface area contributed by atoms with Crippen molar-refractivity contribution < 1.29 is 18.0 Å². The smallest absolute Gasteiger partial charge is 0.322 e. The maximum absolute atomic E-state index is 14.0. The Morgan fingerprint density at radius 2 is 1.86 bits per heavy atom. The number of hydrogen-bond acceptors (Lipinski definition) is 6. The van der Waals surface area contributed by atoms with Crippen molar-refractivity contribution >= 4 is 23.2 Å². The van der Waals surface area contributed by atoms with Crippen molar-refractivity contribution in [1.82, 2.24) is 34.6 Å². The summed E-state index contributed by atoms with van der Waals surface area (Å²) in [5.74, 6) is -0.558. The van der Waals surface area contributed by atoms with Gasteiger partial charge in [-0.05, 0) is 89.3 Å². The first-order chi connectivity index (χ1) is 20.3. The highest BCUT2D eigenvalue weighted by Gasteiger charge is 2.35. The summed E-state index contributed by atoms with van der Waals surface area (Å²) in [4.78, 5) is 17.6. The van der Waals surface area contributed by atoms with Gasteiger partial charge in [0.2, 0.25) is 0 Å². The molecule has 0 atom stereocenters. The van der Waals surface area contributed by atoms with Crippen LogP contribution in [-0.4, -0.2) is 73.7 Å². The molecular formula is C30H34ClF3N8O. The van der Waals surface area contributed by atoms with Crippen molar-refractivity contribution in [3.05, 3.63) is 75.7 Å². The molecule has 5 rings (SSSR count). The molecular weight excluding hydrogens is 581 g/mol. The van der Waals surface area contributed by atoms with Crippen LogP contribution in [0.3, 0.4) is 0 Å². The molecule has 2 aromatic carbocycles. The number of anilines is 1. The van der Waals surface area contributed by atoms with Crippen LogP contribution in [0.5, 0.6) is 0 Å². The molecule has 1 saturated heterocycles. The summed E-state index contributed by atoms with van der Waals surface area (Å²) in [6.45, 7) is 5.54. The van der Waals surface area contributed by atoms with Crippen LogP contribution in [0.1, 0.15) is 45.6 Å². The van der Waals surface area contributed by atoms with Gasteiger partial charge in [-0.25, -0.2) is 4.68 Å². The molecule has 0 radical (unpaired) electrons. The monoisotopic (exact) mass is 614 g/mol. The van der Waals surface area contributed by atoms with Crippen LogP contribution in [0.15, 0.2) is 42.7 Å². The van der Waals surface area contributed by atoms with E-state index in [0.717, 1.165) is 48.8 Å². The Bertz CT molecular complexity index is 1640. The molecule has 1 aliphatic rings. The van der Waals surface area contributed by atoms with Gasteiger partial charge in [0.1, 0.15) is 5.69 Å². The molecule has 43 heavy (non-hydrogen) atoms. The number of likely N-dealkylation sites (tertiary alicyclic amines) is 1. The van der Waals surface area contributed by atoms with Gasteiger partial charge in [0.05, 0.1) is 28.7 Å². The Labute approximate surface area is 253 Å². The van der Waals surface area contributed by atoms with Gasteiger partial charge in [0.25, 0.3) is 5.91 Å². The number of carbonyl (C=O) groups is 1. The van der Waals surface area contributed by atoms with Gasteiger partial charge in [0.15, 0.2) is 0 Å².